The molecule has 126 valence electrons. The first-order valence-electron chi connectivity index (χ1n) is 8.82. The van der Waals surface area contributed by atoms with Crippen LogP contribution in [0, 0.1) is 0 Å². The van der Waals surface area contributed by atoms with E-state index in [0.29, 0.717) is 6.04 Å². The molecule has 4 rings (SSSR count). The summed E-state index contributed by atoms with van der Waals surface area (Å²) < 4.78 is 0. The Balaban J connectivity index is 1.59. The minimum absolute atomic E-state index is 0.251. The Hall–Kier alpha value is -1.59. The van der Waals surface area contributed by atoms with Crippen molar-refractivity contribution in [2.45, 2.75) is 25.9 Å². The number of nitrogens with zero attached hydrogens (tertiary/aromatic N) is 3. The second-order valence-corrected chi connectivity index (χ2v) is 6.49. The van der Waals surface area contributed by atoms with E-state index in [2.05, 4.69) is 64.6 Å². The summed E-state index contributed by atoms with van der Waals surface area (Å²) in [6.45, 7) is 12.1. The summed E-state index contributed by atoms with van der Waals surface area (Å²) in [4.78, 5) is 10.0. The fraction of sp³-hybridized carbons (Fsp3) is 0.611. The third-order valence-electron chi connectivity index (χ3n) is 4.85. The molecule has 1 aromatic rings. The minimum atomic E-state index is 0.251. The molecule has 2 bridgehead atoms. The van der Waals surface area contributed by atoms with E-state index in [4.69, 9.17) is 4.99 Å². The molecule has 0 radical (unpaired) electrons. The average molecular weight is 315 g/mol. The molecule has 0 spiro atoms. The number of fused-ring (bicyclic) bond motifs is 3. The molecule has 0 saturated carbocycles. The van der Waals surface area contributed by atoms with Crippen LogP contribution in [0.15, 0.2) is 35.3 Å². The molecule has 2 N–H and O–H groups in total. The van der Waals surface area contributed by atoms with E-state index in [0.717, 1.165) is 25.6 Å². The monoisotopic (exact) mass is 315 g/mol. The number of rotatable bonds is 5. The number of guanidine groups is 1. The molecule has 3 aliphatic heterocycles. The molecule has 2 atom stereocenters. The molecular weight excluding hydrogens is 286 g/mol. The van der Waals surface area contributed by atoms with Gasteiger partial charge in [-0.05, 0) is 19.4 Å². The van der Waals surface area contributed by atoms with Crippen LogP contribution in [0.4, 0.5) is 0 Å². The molecule has 23 heavy (non-hydrogen) atoms. The van der Waals surface area contributed by atoms with Crippen LogP contribution < -0.4 is 10.6 Å². The van der Waals surface area contributed by atoms with Gasteiger partial charge in [0.1, 0.15) is 0 Å². The van der Waals surface area contributed by atoms with Crippen LogP contribution >= 0.6 is 0 Å². The number of aliphatic imine (C=N–C) groups is 1. The molecule has 3 fully saturated rings. The first-order valence-corrected chi connectivity index (χ1v) is 8.82. The van der Waals surface area contributed by atoms with Gasteiger partial charge in [0, 0.05) is 45.3 Å². The van der Waals surface area contributed by atoms with Gasteiger partial charge in [-0.2, -0.15) is 0 Å². The SMILES string of the molecule is CCNC(=NCC1CN2CCN1CC2)NC(C)c1ccccc1. The van der Waals surface area contributed by atoms with Crippen LogP contribution in [0.3, 0.4) is 0 Å². The van der Waals surface area contributed by atoms with Crippen molar-refractivity contribution in [3.05, 3.63) is 35.9 Å². The summed E-state index contributed by atoms with van der Waals surface area (Å²) >= 11 is 0. The van der Waals surface area contributed by atoms with Gasteiger partial charge in [0.25, 0.3) is 0 Å². The van der Waals surface area contributed by atoms with E-state index >= 15 is 0 Å². The zero-order chi connectivity index (χ0) is 16.1. The normalized spacial score (nSPS) is 28.4. The highest BCUT2D eigenvalue weighted by atomic mass is 15.3. The van der Waals surface area contributed by atoms with Gasteiger partial charge in [0.2, 0.25) is 0 Å². The average Bonchev–Trinajstić information content (AvgIpc) is 2.61. The smallest absolute Gasteiger partial charge is 0.191 e. The van der Waals surface area contributed by atoms with Gasteiger partial charge in [0.05, 0.1) is 12.6 Å². The molecular formula is C18H29N5. The predicted octanol–water partition coefficient (Wildman–Crippen LogP) is 1.30. The first-order chi connectivity index (χ1) is 11.3. The number of nitrogens with one attached hydrogen (secondary N) is 2. The summed E-state index contributed by atoms with van der Waals surface area (Å²) in [5.74, 6) is 0.918. The second-order valence-electron chi connectivity index (χ2n) is 6.49. The summed E-state index contributed by atoms with van der Waals surface area (Å²) in [6, 6.07) is 11.3. The summed E-state index contributed by atoms with van der Waals surface area (Å²) in [5, 5.41) is 6.90. The predicted molar refractivity (Wildman–Crippen MR) is 95.8 cm³/mol. The standard InChI is InChI=1S/C18H29N5/c1-3-19-18(21-15(2)16-7-5-4-6-8-16)20-13-17-14-22-9-11-23(17)12-10-22/h4-8,15,17H,3,9-14H2,1-2H3,(H2,19,20,21). The van der Waals surface area contributed by atoms with E-state index in [-0.39, 0.29) is 6.04 Å². The van der Waals surface area contributed by atoms with Crippen LogP contribution in [-0.2, 0) is 0 Å². The van der Waals surface area contributed by atoms with E-state index < -0.39 is 0 Å². The molecule has 3 aliphatic rings. The van der Waals surface area contributed by atoms with Crippen molar-refractivity contribution < 1.29 is 0 Å². The number of hydrogen-bond acceptors (Lipinski definition) is 3. The Bertz CT molecular complexity index is 507. The number of benzene rings is 1. The maximum absolute atomic E-state index is 4.85. The zero-order valence-electron chi connectivity index (χ0n) is 14.3. The second kappa shape index (κ2) is 7.79. The molecule has 0 aliphatic carbocycles. The molecule has 0 aromatic heterocycles. The maximum Gasteiger partial charge on any atom is 0.191 e. The third kappa shape index (κ3) is 4.24. The lowest BCUT2D eigenvalue weighted by molar-refractivity contribution is 0.0174. The summed E-state index contributed by atoms with van der Waals surface area (Å²) in [7, 11) is 0. The highest BCUT2D eigenvalue weighted by Gasteiger charge is 2.31. The number of hydrogen-bond donors (Lipinski definition) is 2. The fourth-order valence-corrected chi connectivity index (χ4v) is 3.44. The highest BCUT2D eigenvalue weighted by molar-refractivity contribution is 5.80. The van der Waals surface area contributed by atoms with Gasteiger partial charge in [0.15, 0.2) is 5.96 Å². The minimum Gasteiger partial charge on any atom is -0.357 e. The lowest BCUT2D eigenvalue weighted by Gasteiger charge is -2.47. The molecule has 2 unspecified atom stereocenters. The maximum atomic E-state index is 4.85. The van der Waals surface area contributed by atoms with Gasteiger partial charge >= 0.3 is 0 Å². The van der Waals surface area contributed by atoms with Crippen LogP contribution in [0.2, 0.25) is 0 Å². The fourth-order valence-electron chi connectivity index (χ4n) is 3.44. The van der Waals surface area contributed by atoms with Crippen LogP contribution in [-0.4, -0.2) is 67.6 Å². The quantitative estimate of drug-likeness (QED) is 0.635. The van der Waals surface area contributed by atoms with E-state index in [1.165, 1.54) is 31.7 Å². The summed E-state index contributed by atoms with van der Waals surface area (Å²) in [5.41, 5.74) is 1.28. The molecule has 5 nitrogen and oxygen atoms in total. The Morgan fingerprint density at radius 3 is 2.57 bits per heavy atom. The zero-order valence-corrected chi connectivity index (χ0v) is 14.3. The van der Waals surface area contributed by atoms with E-state index in [9.17, 15) is 0 Å². The summed E-state index contributed by atoms with van der Waals surface area (Å²) in [6.07, 6.45) is 0. The van der Waals surface area contributed by atoms with Gasteiger partial charge in [-0.3, -0.25) is 14.8 Å². The van der Waals surface area contributed by atoms with Crippen molar-refractivity contribution in [1.29, 1.82) is 0 Å². The molecule has 0 amide bonds. The van der Waals surface area contributed by atoms with Crippen LogP contribution in [0.25, 0.3) is 0 Å². The van der Waals surface area contributed by atoms with Crippen molar-refractivity contribution in [1.82, 2.24) is 20.4 Å². The topological polar surface area (TPSA) is 42.9 Å². The van der Waals surface area contributed by atoms with Crippen molar-refractivity contribution in [2.24, 2.45) is 4.99 Å². The lowest BCUT2D eigenvalue weighted by Crippen LogP contribution is -2.62. The lowest BCUT2D eigenvalue weighted by atomic mass is 10.1. The molecule has 3 saturated heterocycles. The van der Waals surface area contributed by atoms with Crippen LogP contribution in [0.5, 0.6) is 0 Å². The van der Waals surface area contributed by atoms with Gasteiger partial charge in [-0.1, -0.05) is 30.3 Å². The largest absolute Gasteiger partial charge is 0.357 e. The Morgan fingerprint density at radius 2 is 1.96 bits per heavy atom. The first kappa shape index (κ1) is 16.3. The Morgan fingerprint density at radius 1 is 1.22 bits per heavy atom. The molecule has 5 heteroatoms. The van der Waals surface area contributed by atoms with Gasteiger partial charge in [-0.15, -0.1) is 0 Å². The van der Waals surface area contributed by atoms with Gasteiger partial charge < -0.3 is 10.6 Å². The van der Waals surface area contributed by atoms with Crippen molar-refractivity contribution >= 4 is 5.96 Å². The third-order valence-corrected chi connectivity index (χ3v) is 4.85. The Labute approximate surface area is 139 Å². The highest BCUT2D eigenvalue weighted by Crippen LogP contribution is 2.16. The van der Waals surface area contributed by atoms with Crippen LogP contribution in [0.1, 0.15) is 25.5 Å². The Kier molecular flexibility index (Phi) is 5.51. The van der Waals surface area contributed by atoms with Gasteiger partial charge in [-0.25, -0.2) is 0 Å². The molecule has 1 aromatic carbocycles. The number of piperazine rings is 3. The van der Waals surface area contributed by atoms with Crippen molar-refractivity contribution in [2.75, 3.05) is 45.8 Å². The molecule has 3 heterocycles. The van der Waals surface area contributed by atoms with E-state index in [1.54, 1.807) is 0 Å². The van der Waals surface area contributed by atoms with Crippen molar-refractivity contribution in [3.8, 4) is 0 Å². The van der Waals surface area contributed by atoms with Crippen molar-refractivity contribution in [3.63, 3.8) is 0 Å². The van der Waals surface area contributed by atoms with E-state index in [1.807, 2.05) is 0 Å².